The summed E-state index contributed by atoms with van der Waals surface area (Å²) in [5.74, 6) is 1.68. The van der Waals surface area contributed by atoms with Gasteiger partial charge in [0.25, 0.3) is 0 Å². The standard InChI is InChI=1S/C16H17Br2NO/c1-10-4-6-16(14(18)8-10)20-15-7-5-12(17)9-13(15)11(2)19-3/h4-9,11,19H,1-3H3. The summed E-state index contributed by atoms with van der Waals surface area (Å²) in [4.78, 5) is 0. The molecule has 1 unspecified atom stereocenters. The average Bonchev–Trinajstić information content (AvgIpc) is 2.42. The third-order valence-corrected chi connectivity index (χ3v) is 4.29. The highest BCUT2D eigenvalue weighted by atomic mass is 79.9. The molecule has 0 spiro atoms. The van der Waals surface area contributed by atoms with Crippen LogP contribution in [-0.4, -0.2) is 7.05 Å². The van der Waals surface area contributed by atoms with Crippen LogP contribution in [0.2, 0.25) is 0 Å². The van der Waals surface area contributed by atoms with Gasteiger partial charge < -0.3 is 10.1 Å². The average molecular weight is 399 g/mol. The zero-order chi connectivity index (χ0) is 14.7. The molecule has 0 aromatic heterocycles. The van der Waals surface area contributed by atoms with E-state index in [0.29, 0.717) is 0 Å². The number of aryl methyl sites for hydroxylation is 1. The molecular formula is C16H17Br2NO. The fourth-order valence-electron chi connectivity index (χ4n) is 1.91. The van der Waals surface area contributed by atoms with Gasteiger partial charge in [0.05, 0.1) is 4.47 Å². The first-order valence-corrected chi connectivity index (χ1v) is 8.00. The quantitative estimate of drug-likeness (QED) is 0.724. The van der Waals surface area contributed by atoms with E-state index in [9.17, 15) is 0 Å². The fraction of sp³-hybridized carbons (Fsp3) is 0.250. The summed E-state index contributed by atoms with van der Waals surface area (Å²) >= 11 is 7.06. The van der Waals surface area contributed by atoms with Gasteiger partial charge in [0.15, 0.2) is 0 Å². The summed E-state index contributed by atoms with van der Waals surface area (Å²) in [6.45, 7) is 4.17. The summed E-state index contributed by atoms with van der Waals surface area (Å²) in [7, 11) is 1.94. The van der Waals surface area contributed by atoms with Crippen LogP contribution in [0.4, 0.5) is 0 Å². The second kappa shape index (κ2) is 6.74. The van der Waals surface area contributed by atoms with Crippen molar-refractivity contribution in [2.75, 3.05) is 7.05 Å². The van der Waals surface area contributed by atoms with Gasteiger partial charge in [-0.05, 0) is 72.7 Å². The number of benzene rings is 2. The highest BCUT2D eigenvalue weighted by Gasteiger charge is 2.12. The van der Waals surface area contributed by atoms with Gasteiger partial charge in [0, 0.05) is 16.1 Å². The third-order valence-electron chi connectivity index (χ3n) is 3.18. The molecule has 2 aromatic rings. The molecule has 1 atom stereocenters. The Bertz CT molecular complexity index is 613. The van der Waals surface area contributed by atoms with Crippen molar-refractivity contribution in [3.63, 3.8) is 0 Å². The Hall–Kier alpha value is -0.840. The van der Waals surface area contributed by atoms with E-state index in [2.05, 4.69) is 63.2 Å². The Labute approximate surface area is 136 Å². The van der Waals surface area contributed by atoms with Gasteiger partial charge in [-0.1, -0.05) is 22.0 Å². The first-order valence-electron chi connectivity index (χ1n) is 6.42. The van der Waals surface area contributed by atoms with Crippen LogP contribution >= 0.6 is 31.9 Å². The van der Waals surface area contributed by atoms with E-state index < -0.39 is 0 Å². The molecule has 0 fully saturated rings. The lowest BCUT2D eigenvalue weighted by molar-refractivity contribution is 0.463. The lowest BCUT2D eigenvalue weighted by Crippen LogP contribution is -2.13. The molecule has 0 heterocycles. The Morgan fingerprint density at radius 3 is 2.40 bits per heavy atom. The molecule has 0 aliphatic rings. The van der Waals surface area contributed by atoms with Gasteiger partial charge in [0.2, 0.25) is 0 Å². The number of ether oxygens (including phenoxy) is 1. The molecule has 0 saturated carbocycles. The minimum atomic E-state index is 0.215. The SMILES string of the molecule is CNC(C)c1cc(Br)ccc1Oc1ccc(C)cc1Br. The summed E-state index contributed by atoms with van der Waals surface area (Å²) < 4.78 is 8.07. The Morgan fingerprint density at radius 2 is 1.75 bits per heavy atom. The largest absolute Gasteiger partial charge is 0.456 e. The van der Waals surface area contributed by atoms with Crippen LogP contribution in [0, 0.1) is 6.92 Å². The zero-order valence-electron chi connectivity index (χ0n) is 11.7. The van der Waals surface area contributed by atoms with Crippen LogP contribution in [0.1, 0.15) is 24.1 Å². The molecule has 0 aliphatic carbocycles. The Balaban J connectivity index is 2.37. The van der Waals surface area contributed by atoms with Crippen LogP contribution in [-0.2, 0) is 0 Å². The van der Waals surface area contributed by atoms with Gasteiger partial charge in [-0.15, -0.1) is 0 Å². The molecule has 2 rings (SSSR count). The molecule has 4 heteroatoms. The molecule has 2 aromatic carbocycles. The molecule has 106 valence electrons. The Kier molecular flexibility index (Phi) is 5.24. The van der Waals surface area contributed by atoms with Crippen LogP contribution < -0.4 is 10.1 Å². The minimum absolute atomic E-state index is 0.215. The van der Waals surface area contributed by atoms with Gasteiger partial charge in [-0.2, -0.15) is 0 Å². The first-order chi connectivity index (χ1) is 9.51. The van der Waals surface area contributed by atoms with Crippen molar-refractivity contribution >= 4 is 31.9 Å². The smallest absolute Gasteiger partial charge is 0.141 e. The second-order valence-electron chi connectivity index (χ2n) is 4.73. The topological polar surface area (TPSA) is 21.3 Å². The van der Waals surface area contributed by atoms with E-state index in [1.165, 1.54) is 5.56 Å². The van der Waals surface area contributed by atoms with E-state index in [-0.39, 0.29) is 6.04 Å². The molecule has 0 amide bonds. The predicted molar refractivity (Wildman–Crippen MR) is 90.6 cm³/mol. The summed E-state index contributed by atoms with van der Waals surface area (Å²) in [5, 5.41) is 3.25. The van der Waals surface area contributed by atoms with Crippen LogP contribution in [0.5, 0.6) is 11.5 Å². The molecule has 0 aliphatic heterocycles. The maximum atomic E-state index is 6.07. The normalized spacial score (nSPS) is 12.2. The third kappa shape index (κ3) is 3.62. The van der Waals surface area contributed by atoms with Crippen molar-refractivity contribution in [3.05, 3.63) is 56.5 Å². The number of hydrogen-bond acceptors (Lipinski definition) is 2. The van der Waals surface area contributed by atoms with Gasteiger partial charge in [-0.25, -0.2) is 0 Å². The summed E-state index contributed by atoms with van der Waals surface area (Å²) in [6, 6.07) is 12.3. The lowest BCUT2D eigenvalue weighted by atomic mass is 10.1. The molecule has 0 radical (unpaired) electrons. The highest BCUT2D eigenvalue weighted by Crippen LogP contribution is 2.35. The van der Waals surface area contributed by atoms with Crippen molar-refractivity contribution in [1.82, 2.24) is 5.32 Å². The Morgan fingerprint density at radius 1 is 1.05 bits per heavy atom. The number of hydrogen-bond donors (Lipinski definition) is 1. The van der Waals surface area contributed by atoms with Gasteiger partial charge in [0.1, 0.15) is 11.5 Å². The van der Waals surface area contributed by atoms with E-state index in [1.54, 1.807) is 0 Å². The molecule has 0 bridgehead atoms. The fourth-order valence-corrected chi connectivity index (χ4v) is 2.87. The van der Waals surface area contributed by atoms with E-state index in [4.69, 9.17) is 4.74 Å². The van der Waals surface area contributed by atoms with Crippen LogP contribution in [0.25, 0.3) is 0 Å². The number of nitrogens with one attached hydrogen (secondary N) is 1. The molecule has 0 saturated heterocycles. The van der Waals surface area contributed by atoms with Gasteiger partial charge in [-0.3, -0.25) is 0 Å². The summed E-state index contributed by atoms with van der Waals surface area (Å²) in [6.07, 6.45) is 0. The van der Waals surface area contributed by atoms with Crippen molar-refractivity contribution < 1.29 is 4.74 Å². The van der Waals surface area contributed by atoms with E-state index in [0.717, 1.165) is 26.0 Å². The van der Waals surface area contributed by atoms with Gasteiger partial charge >= 0.3 is 0 Å². The van der Waals surface area contributed by atoms with Crippen molar-refractivity contribution in [2.45, 2.75) is 19.9 Å². The first kappa shape index (κ1) is 15.5. The van der Waals surface area contributed by atoms with Crippen molar-refractivity contribution in [3.8, 4) is 11.5 Å². The molecular weight excluding hydrogens is 382 g/mol. The maximum Gasteiger partial charge on any atom is 0.141 e. The zero-order valence-corrected chi connectivity index (χ0v) is 14.9. The molecule has 20 heavy (non-hydrogen) atoms. The van der Waals surface area contributed by atoms with E-state index >= 15 is 0 Å². The van der Waals surface area contributed by atoms with Crippen LogP contribution in [0.15, 0.2) is 45.3 Å². The molecule has 1 N–H and O–H groups in total. The van der Waals surface area contributed by atoms with Crippen LogP contribution in [0.3, 0.4) is 0 Å². The lowest BCUT2D eigenvalue weighted by Gasteiger charge is -2.17. The molecule has 2 nitrogen and oxygen atoms in total. The summed E-state index contributed by atoms with van der Waals surface area (Å²) in [5.41, 5.74) is 2.32. The minimum Gasteiger partial charge on any atom is -0.456 e. The second-order valence-corrected chi connectivity index (χ2v) is 6.50. The van der Waals surface area contributed by atoms with Crippen molar-refractivity contribution in [2.24, 2.45) is 0 Å². The van der Waals surface area contributed by atoms with E-state index in [1.807, 2.05) is 31.3 Å². The highest BCUT2D eigenvalue weighted by molar-refractivity contribution is 9.10. The monoisotopic (exact) mass is 397 g/mol. The number of rotatable bonds is 4. The predicted octanol–water partition coefficient (Wildman–Crippen LogP) is 5.59. The number of halogens is 2. The van der Waals surface area contributed by atoms with Crippen molar-refractivity contribution in [1.29, 1.82) is 0 Å². The maximum absolute atomic E-state index is 6.07.